The first-order chi connectivity index (χ1) is 8.65. The Labute approximate surface area is 108 Å². The summed E-state index contributed by atoms with van der Waals surface area (Å²) in [5.74, 6) is 0.832. The lowest BCUT2D eigenvalue weighted by atomic mass is 10.1. The molecule has 0 aliphatic heterocycles. The van der Waals surface area contributed by atoms with E-state index in [4.69, 9.17) is 9.47 Å². The van der Waals surface area contributed by atoms with Crippen molar-refractivity contribution in [2.75, 3.05) is 20.3 Å². The van der Waals surface area contributed by atoms with Crippen molar-refractivity contribution in [3.63, 3.8) is 0 Å². The Kier molecular flexibility index (Phi) is 6.22. The quantitative estimate of drug-likeness (QED) is 0.803. The van der Waals surface area contributed by atoms with E-state index in [0.29, 0.717) is 19.6 Å². The number of carbonyl (C=O) groups excluding carboxylic acids is 1. The lowest BCUT2D eigenvalue weighted by Gasteiger charge is -2.12. The first-order valence-electron chi connectivity index (χ1n) is 6.15. The number of benzene rings is 1. The summed E-state index contributed by atoms with van der Waals surface area (Å²) >= 11 is 0. The number of hydrogen-bond acceptors (Lipinski definition) is 3. The maximum absolute atomic E-state index is 11.7. The molecule has 0 aromatic heterocycles. The van der Waals surface area contributed by atoms with Crippen molar-refractivity contribution >= 4 is 5.91 Å². The molecule has 0 spiro atoms. The zero-order valence-electron chi connectivity index (χ0n) is 11.2. The number of nitrogens with one attached hydrogen (secondary N) is 1. The molecular formula is C14H21NO3. The monoisotopic (exact) mass is 251 g/mol. The molecule has 100 valence electrons. The van der Waals surface area contributed by atoms with E-state index in [-0.39, 0.29) is 11.9 Å². The molecule has 4 heteroatoms. The molecule has 0 fully saturated rings. The van der Waals surface area contributed by atoms with Gasteiger partial charge in [0.15, 0.2) is 0 Å². The molecule has 0 aliphatic carbocycles. The van der Waals surface area contributed by atoms with Crippen LogP contribution in [-0.2, 0) is 16.0 Å². The molecule has 0 aliphatic rings. The second-order valence-electron chi connectivity index (χ2n) is 4.18. The largest absolute Gasteiger partial charge is 0.494 e. The summed E-state index contributed by atoms with van der Waals surface area (Å²) in [4.78, 5) is 11.7. The predicted octanol–water partition coefficient (Wildman–Crippen LogP) is 1.78. The lowest BCUT2D eigenvalue weighted by molar-refractivity contribution is -0.121. The van der Waals surface area contributed by atoms with Crippen LogP contribution in [0.4, 0.5) is 0 Å². The van der Waals surface area contributed by atoms with E-state index >= 15 is 0 Å². The van der Waals surface area contributed by atoms with Crippen molar-refractivity contribution in [1.82, 2.24) is 5.32 Å². The van der Waals surface area contributed by atoms with Crippen LogP contribution in [0.1, 0.15) is 19.4 Å². The van der Waals surface area contributed by atoms with E-state index in [1.165, 1.54) is 0 Å². The van der Waals surface area contributed by atoms with Crippen molar-refractivity contribution in [1.29, 1.82) is 0 Å². The Balaban J connectivity index is 2.44. The number of ether oxygens (including phenoxy) is 2. The zero-order chi connectivity index (χ0) is 13.4. The van der Waals surface area contributed by atoms with E-state index in [9.17, 15) is 4.79 Å². The first kappa shape index (κ1) is 14.5. The van der Waals surface area contributed by atoms with E-state index in [2.05, 4.69) is 5.32 Å². The molecule has 1 atom stereocenters. The smallest absolute Gasteiger partial charge is 0.224 e. The minimum atomic E-state index is 0.00344. The third-order valence-electron chi connectivity index (χ3n) is 2.42. The van der Waals surface area contributed by atoms with Crippen molar-refractivity contribution < 1.29 is 14.3 Å². The number of methoxy groups -OCH3 is 1. The van der Waals surface area contributed by atoms with Gasteiger partial charge in [-0.05, 0) is 31.5 Å². The third kappa shape index (κ3) is 5.19. The normalized spacial score (nSPS) is 11.9. The number of carbonyl (C=O) groups is 1. The molecule has 1 amide bonds. The molecule has 0 radical (unpaired) electrons. The highest BCUT2D eigenvalue weighted by atomic mass is 16.5. The van der Waals surface area contributed by atoms with Crippen molar-refractivity contribution in [3.8, 4) is 5.75 Å². The predicted molar refractivity (Wildman–Crippen MR) is 70.8 cm³/mol. The van der Waals surface area contributed by atoms with Crippen LogP contribution in [0, 0.1) is 0 Å². The van der Waals surface area contributed by atoms with Crippen molar-refractivity contribution in [3.05, 3.63) is 29.8 Å². The van der Waals surface area contributed by atoms with Gasteiger partial charge in [-0.2, -0.15) is 0 Å². The first-order valence-corrected chi connectivity index (χ1v) is 6.15. The summed E-state index contributed by atoms with van der Waals surface area (Å²) < 4.78 is 10.3. The van der Waals surface area contributed by atoms with E-state index < -0.39 is 0 Å². The highest BCUT2D eigenvalue weighted by Gasteiger charge is 2.07. The van der Waals surface area contributed by atoms with Crippen LogP contribution in [0.25, 0.3) is 0 Å². The Bertz CT molecular complexity index is 362. The Hall–Kier alpha value is -1.55. The van der Waals surface area contributed by atoms with E-state index in [0.717, 1.165) is 11.3 Å². The van der Waals surface area contributed by atoms with Gasteiger partial charge >= 0.3 is 0 Å². The van der Waals surface area contributed by atoms with Gasteiger partial charge in [0.25, 0.3) is 0 Å². The summed E-state index contributed by atoms with van der Waals surface area (Å²) in [5, 5.41) is 2.87. The summed E-state index contributed by atoms with van der Waals surface area (Å²) in [6, 6.07) is 7.61. The van der Waals surface area contributed by atoms with E-state index in [1.807, 2.05) is 38.1 Å². The van der Waals surface area contributed by atoms with Gasteiger partial charge in [0.1, 0.15) is 5.75 Å². The Morgan fingerprint density at radius 1 is 1.33 bits per heavy atom. The molecule has 4 nitrogen and oxygen atoms in total. The topological polar surface area (TPSA) is 47.6 Å². The average Bonchev–Trinajstić information content (AvgIpc) is 2.32. The van der Waals surface area contributed by atoms with Crippen LogP contribution < -0.4 is 10.1 Å². The average molecular weight is 251 g/mol. The highest BCUT2D eigenvalue weighted by Crippen LogP contribution is 2.12. The minimum Gasteiger partial charge on any atom is -0.494 e. The maximum Gasteiger partial charge on any atom is 0.224 e. The second kappa shape index (κ2) is 7.71. The summed E-state index contributed by atoms with van der Waals surface area (Å²) in [6.45, 7) is 5.03. The van der Waals surface area contributed by atoms with Gasteiger partial charge < -0.3 is 14.8 Å². The minimum absolute atomic E-state index is 0.00344. The fourth-order valence-electron chi connectivity index (χ4n) is 1.67. The van der Waals surface area contributed by atoms with Crippen LogP contribution >= 0.6 is 0 Å². The molecule has 0 saturated carbocycles. The highest BCUT2D eigenvalue weighted by molar-refractivity contribution is 5.78. The van der Waals surface area contributed by atoms with Crippen LogP contribution in [0.5, 0.6) is 5.75 Å². The third-order valence-corrected chi connectivity index (χ3v) is 2.42. The molecule has 0 bridgehead atoms. The summed E-state index contributed by atoms with van der Waals surface area (Å²) in [7, 11) is 1.62. The van der Waals surface area contributed by atoms with Crippen molar-refractivity contribution in [2.45, 2.75) is 26.3 Å². The van der Waals surface area contributed by atoms with Gasteiger partial charge in [-0.3, -0.25) is 4.79 Å². The van der Waals surface area contributed by atoms with Crippen LogP contribution in [0.2, 0.25) is 0 Å². The second-order valence-corrected chi connectivity index (χ2v) is 4.18. The molecule has 1 unspecified atom stereocenters. The fraction of sp³-hybridized carbons (Fsp3) is 0.500. The van der Waals surface area contributed by atoms with Gasteiger partial charge in [0.2, 0.25) is 5.91 Å². The van der Waals surface area contributed by atoms with Crippen LogP contribution in [-0.4, -0.2) is 32.3 Å². The summed E-state index contributed by atoms with van der Waals surface area (Å²) in [5.41, 5.74) is 0.973. The molecule has 0 saturated heterocycles. The standard InChI is InChI=1S/C14H21NO3/c1-4-18-13-7-5-12(6-8-13)9-14(16)15-11(2)10-17-3/h5-8,11H,4,9-10H2,1-3H3,(H,15,16). The molecule has 1 N–H and O–H groups in total. The fourth-order valence-corrected chi connectivity index (χ4v) is 1.67. The molecule has 1 aromatic carbocycles. The number of hydrogen-bond donors (Lipinski definition) is 1. The maximum atomic E-state index is 11.7. The molecule has 18 heavy (non-hydrogen) atoms. The van der Waals surface area contributed by atoms with Gasteiger partial charge in [-0.1, -0.05) is 12.1 Å². The lowest BCUT2D eigenvalue weighted by Crippen LogP contribution is -2.36. The van der Waals surface area contributed by atoms with Gasteiger partial charge in [-0.25, -0.2) is 0 Å². The SMILES string of the molecule is CCOc1ccc(CC(=O)NC(C)COC)cc1. The van der Waals surface area contributed by atoms with E-state index in [1.54, 1.807) is 7.11 Å². The molecule has 1 rings (SSSR count). The Morgan fingerprint density at radius 3 is 2.56 bits per heavy atom. The van der Waals surface area contributed by atoms with Crippen molar-refractivity contribution in [2.24, 2.45) is 0 Å². The van der Waals surface area contributed by atoms with Gasteiger partial charge in [-0.15, -0.1) is 0 Å². The Morgan fingerprint density at radius 2 is 2.00 bits per heavy atom. The van der Waals surface area contributed by atoms with Crippen LogP contribution in [0.15, 0.2) is 24.3 Å². The van der Waals surface area contributed by atoms with Gasteiger partial charge in [0, 0.05) is 13.2 Å². The number of rotatable bonds is 7. The zero-order valence-corrected chi connectivity index (χ0v) is 11.2. The molecular weight excluding hydrogens is 230 g/mol. The van der Waals surface area contributed by atoms with Gasteiger partial charge in [0.05, 0.1) is 19.6 Å². The summed E-state index contributed by atoms with van der Waals surface area (Å²) in [6.07, 6.45) is 0.375. The number of amides is 1. The molecule has 0 heterocycles. The van der Waals surface area contributed by atoms with Crippen LogP contribution in [0.3, 0.4) is 0 Å². The molecule has 1 aromatic rings.